The minimum absolute atomic E-state index is 0.232. The second kappa shape index (κ2) is 5.80. The lowest BCUT2D eigenvalue weighted by molar-refractivity contribution is 0.480. The summed E-state index contributed by atoms with van der Waals surface area (Å²) in [5.41, 5.74) is 0.882. The summed E-state index contributed by atoms with van der Waals surface area (Å²) < 4.78 is 20.1. The molecule has 0 amide bonds. The number of furan rings is 1. The molecule has 1 heterocycles. The van der Waals surface area contributed by atoms with Crippen LogP contribution in [0.2, 0.25) is 0 Å². The van der Waals surface area contributed by atoms with Crippen molar-refractivity contribution in [2.45, 2.75) is 13.1 Å². The van der Waals surface area contributed by atoms with E-state index in [1.165, 1.54) is 12.1 Å². The van der Waals surface area contributed by atoms with E-state index >= 15 is 0 Å². The predicted molar refractivity (Wildman–Crippen MR) is 71.1 cm³/mol. The number of benzene rings is 1. The Morgan fingerprint density at radius 2 is 1.94 bits per heavy atom. The molecule has 0 aliphatic heterocycles. The molecule has 5 heteroatoms. The molecule has 0 fully saturated rings. The van der Waals surface area contributed by atoms with Gasteiger partial charge in [-0.1, -0.05) is 15.9 Å². The molecule has 0 unspecified atom stereocenters. The first-order valence-electron chi connectivity index (χ1n) is 5.03. The Balaban J connectivity index is 1.94. The number of halogens is 3. The van der Waals surface area contributed by atoms with E-state index in [-0.39, 0.29) is 5.82 Å². The lowest BCUT2D eigenvalue weighted by Crippen LogP contribution is -2.13. The van der Waals surface area contributed by atoms with Gasteiger partial charge in [0.2, 0.25) is 0 Å². The molecular formula is C12H10Br2FNO. The van der Waals surface area contributed by atoms with Crippen LogP contribution in [-0.4, -0.2) is 0 Å². The lowest BCUT2D eigenvalue weighted by Gasteiger charge is -2.06. The van der Waals surface area contributed by atoms with Crippen LogP contribution in [0.3, 0.4) is 0 Å². The molecule has 2 aromatic rings. The normalized spacial score (nSPS) is 10.8. The molecule has 1 aromatic heterocycles. The van der Waals surface area contributed by atoms with Crippen LogP contribution in [0, 0.1) is 5.82 Å². The molecule has 90 valence electrons. The van der Waals surface area contributed by atoms with Gasteiger partial charge in [0.1, 0.15) is 11.6 Å². The van der Waals surface area contributed by atoms with E-state index in [2.05, 4.69) is 37.2 Å². The fourth-order valence-corrected chi connectivity index (χ4v) is 2.17. The summed E-state index contributed by atoms with van der Waals surface area (Å²) in [5.74, 6) is 0.599. The number of nitrogens with one attached hydrogen (secondary N) is 1. The van der Waals surface area contributed by atoms with Crippen LogP contribution in [0.5, 0.6) is 0 Å². The molecular weight excluding hydrogens is 353 g/mol. The fraction of sp³-hybridized carbons (Fsp3) is 0.167. The zero-order valence-electron chi connectivity index (χ0n) is 8.84. The number of hydrogen-bond donors (Lipinski definition) is 1. The van der Waals surface area contributed by atoms with Crippen LogP contribution in [0.1, 0.15) is 11.3 Å². The lowest BCUT2D eigenvalue weighted by atomic mass is 10.2. The highest BCUT2D eigenvalue weighted by Crippen LogP contribution is 2.19. The highest BCUT2D eigenvalue weighted by molar-refractivity contribution is 9.10. The Morgan fingerprint density at radius 1 is 1.12 bits per heavy atom. The minimum atomic E-state index is -0.232. The standard InChI is InChI=1S/C12H10Br2FNO/c13-10-2-1-9(15)5-8(10)6-16-7-12-11(14)3-4-17-12/h1-5,16H,6-7H2. The molecule has 0 bridgehead atoms. The quantitative estimate of drug-likeness (QED) is 0.880. The maximum Gasteiger partial charge on any atom is 0.131 e. The van der Waals surface area contributed by atoms with Gasteiger partial charge in [-0.15, -0.1) is 0 Å². The third-order valence-electron chi connectivity index (χ3n) is 2.30. The minimum Gasteiger partial charge on any atom is -0.467 e. The van der Waals surface area contributed by atoms with E-state index in [4.69, 9.17) is 4.42 Å². The number of rotatable bonds is 4. The summed E-state index contributed by atoms with van der Waals surface area (Å²) in [6, 6.07) is 6.48. The van der Waals surface area contributed by atoms with Gasteiger partial charge in [-0.3, -0.25) is 0 Å². The van der Waals surface area contributed by atoms with E-state index in [9.17, 15) is 4.39 Å². The van der Waals surface area contributed by atoms with Gasteiger partial charge < -0.3 is 9.73 Å². The van der Waals surface area contributed by atoms with Crippen LogP contribution in [0.25, 0.3) is 0 Å². The molecule has 2 rings (SSSR count). The van der Waals surface area contributed by atoms with Gasteiger partial charge in [0, 0.05) is 11.0 Å². The second-order valence-electron chi connectivity index (χ2n) is 3.53. The predicted octanol–water partition coefficient (Wildman–Crippen LogP) is 4.23. The highest BCUT2D eigenvalue weighted by Gasteiger charge is 2.04. The summed E-state index contributed by atoms with van der Waals surface area (Å²) in [7, 11) is 0. The van der Waals surface area contributed by atoms with Gasteiger partial charge in [-0.2, -0.15) is 0 Å². The maximum absolute atomic E-state index is 13.0. The average molecular weight is 363 g/mol. The second-order valence-corrected chi connectivity index (χ2v) is 5.24. The third-order valence-corrected chi connectivity index (χ3v) is 3.78. The van der Waals surface area contributed by atoms with Gasteiger partial charge in [-0.25, -0.2) is 4.39 Å². The van der Waals surface area contributed by atoms with Crippen molar-refractivity contribution in [3.05, 3.63) is 56.6 Å². The summed E-state index contributed by atoms with van der Waals surface area (Å²) in [4.78, 5) is 0. The van der Waals surface area contributed by atoms with Crippen molar-refractivity contribution in [1.82, 2.24) is 5.32 Å². The molecule has 17 heavy (non-hydrogen) atoms. The van der Waals surface area contributed by atoms with E-state index < -0.39 is 0 Å². The van der Waals surface area contributed by atoms with Gasteiger partial charge in [0.05, 0.1) is 17.3 Å². The van der Waals surface area contributed by atoms with Gasteiger partial charge in [-0.05, 0) is 45.8 Å². The van der Waals surface area contributed by atoms with E-state index in [0.717, 1.165) is 20.3 Å². The highest BCUT2D eigenvalue weighted by atomic mass is 79.9. The van der Waals surface area contributed by atoms with Crippen molar-refractivity contribution in [2.24, 2.45) is 0 Å². The molecule has 0 saturated heterocycles. The van der Waals surface area contributed by atoms with E-state index in [1.807, 2.05) is 6.07 Å². The van der Waals surface area contributed by atoms with Crippen molar-refractivity contribution in [1.29, 1.82) is 0 Å². The van der Waals surface area contributed by atoms with Crippen LogP contribution >= 0.6 is 31.9 Å². The van der Waals surface area contributed by atoms with Gasteiger partial charge in [0.15, 0.2) is 0 Å². The molecule has 1 N–H and O–H groups in total. The van der Waals surface area contributed by atoms with Crippen LogP contribution in [0.15, 0.2) is 43.9 Å². The summed E-state index contributed by atoms with van der Waals surface area (Å²) >= 11 is 6.76. The van der Waals surface area contributed by atoms with Crippen molar-refractivity contribution in [3.8, 4) is 0 Å². The zero-order chi connectivity index (χ0) is 12.3. The zero-order valence-corrected chi connectivity index (χ0v) is 12.0. The summed E-state index contributed by atoms with van der Waals surface area (Å²) in [6.07, 6.45) is 1.62. The van der Waals surface area contributed by atoms with Crippen LogP contribution in [0.4, 0.5) is 4.39 Å². The topological polar surface area (TPSA) is 25.2 Å². The van der Waals surface area contributed by atoms with Crippen molar-refractivity contribution >= 4 is 31.9 Å². The van der Waals surface area contributed by atoms with Gasteiger partial charge >= 0.3 is 0 Å². The number of hydrogen-bond acceptors (Lipinski definition) is 2. The van der Waals surface area contributed by atoms with E-state index in [1.54, 1.807) is 12.3 Å². The Labute approximate surface area is 115 Å². The summed E-state index contributed by atoms with van der Waals surface area (Å²) in [5, 5.41) is 3.19. The first-order valence-corrected chi connectivity index (χ1v) is 6.62. The molecule has 1 aromatic carbocycles. The molecule has 0 saturated carbocycles. The third kappa shape index (κ3) is 3.40. The maximum atomic E-state index is 13.0. The molecule has 0 aliphatic rings. The largest absolute Gasteiger partial charge is 0.467 e. The first kappa shape index (κ1) is 12.8. The Bertz CT molecular complexity index is 513. The average Bonchev–Trinajstić information content (AvgIpc) is 2.70. The van der Waals surface area contributed by atoms with Gasteiger partial charge in [0.25, 0.3) is 0 Å². The van der Waals surface area contributed by atoms with E-state index in [0.29, 0.717) is 13.1 Å². The first-order chi connectivity index (χ1) is 8.16. The Hall–Kier alpha value is -0.650. The van der Waals surface area contributed by atoms with Crippen LogP contribution < -0.4 is 5.32 Å². The molecule has 0 radical (unpaired) electrons. The molecule has 2 nitrogen and oxygen atoms in total. The molecule has 0 spiro atoms. The monoisotopic (exact) mass is 361 g/mol. The van der Waals surface area contributed by atoms with Crippen molar-refractivity contribution in [2.75, 3.05) is 0 Å². The summed E-state index contributed by atoms with van der Waals surface area (Å²) in [6.45, 7) is 1.17. The van der Waals surface area contributed by atoms with Crippen molar-refractivity contribution < 1.29 is 8.81 Å². The van der Waals surface area contributed by atoms with Crippen molar-refractivity contribution in [3.63, 3.8) is 0 Å². The molecule has 0 aliphatic carbocycles. The smallest absolute Gasteiger partial charge is 0.131 e. The molecule has 0 atom stereocenters. The Kier molecular flexibility index (Phi) is 4.36. The SMILES string of the molecule is Fc1ccc(Br)c(CNCc2occc2Br)c1. The fourth-order valence-electron chi connectivity index (χ4n) is 1.44. The Morgan fingerprint density at radius 3 is 2.65 bits per heavy atom. The van der Waals surface area contributed by atoms with Crippen LogP contribution in [-0.2, 0) is 13.1 Å².